The molecule has 0 aliphatic rings. The van der Waals surface area contributed by atoms with Crippen LogP contribution in [0, 0.1) is 11.6 Å². The van der Waals surface area contributed by atoms with Crippen LogP contribution in [0.1, 0.15) is 29.7 Å². The van der Waals surface area contributed by atoms with Gasteiger partial charge in [0.2, 0.25) is 0 Å². The third kappa shape index (κ3) is 2.96. The molecule has 0 spiro atoms. The van der Waals surface area contributed by atoms with Crippen molar-refractivity contribution >= 4 is 0 Å². The average Bonchev–Trinajstić information content (AvgIpc) is 2.43. The van der Waals surface area contributed by atoms with Gasteiger partial charge in [-0.2, -0.15) is 0 Å². The molecule has 1 unspecified atom stereocenters. The monoisotopic (exact) mass is 262 g/mol. The van der Waals surface area contributed by atoms with E-state index in [1.165, 1.54) is 6.07 Å². The summed E-state index contributed by atoms with van der Waals surface area (Å²) in [6.07, 6.45) is 4.50. The van der Waals surface area contributed by atoms with Crippen molar-refractivity contribution in [3.63, 3.8) is 0 Å². The first-order valence-corrected chi connectivity index (χ1v) is 6.24. The Labute approximate surface area is 111 Å². The summed E-state index contributed by atoms with van der Waals surface area (Å²) in [5, 5.41) is 0. The summed E-state index contributed by atoms with van der Waals surface area (Å²) in [6, 6.07) is 5.63. The van der Waals surface area contributed by atoms with Gasteiger partial charge in [0.15, 0.2) is 11.6 Å². The zero-order valence-corrected chi connectivity index (χ0v) is 10.7. The minimum Gasteiger partial charge on any atom is -0.324 e. The number of hydrogen-bond acceptors (Lipinski definition) is 2. The van der Waals surface area contributed by atoms with Crippen molar-refractivity contribution in [1.29, 1.82) is 0 Å². The van der Waals surface area contributed by atoms with Gasteiger partial charge >= 0.3 is 0 Å². The molecule has 0 radical (unpaired) electrons. The van der Waals surface area contributed by atoms with Crippen LogP contribution in [0.3, 0.4) is 0 Å². The van der Waals surface area contributed by atoms with Crippen molar-refractivity contribution in [2.75, 3.05) is 0 Å². The van der Waals surface area contributed by atoms with Crippen LogP contribution >= 0.6 is 0 Å². The van der Waals surface area contributed by atoms with Crippen LogP contribution < -0.4 is 5.73 Å². The molecule has 1 atom stereocenters. The third-order valence-electron chi connectivity index (χ3n) is 3.19. The SMILES string of the molecule is CCc1cnccc1C(N)Cc1cccc(F)c1F. The average molecular weight is 262 g/mol. The standard InChI is InChI=1S/C15H16F2N2/c1-2-10-9-19-7-6-12(10)14(18)8-11-4-3-5-13(16)15(11)17/h3-7,9,14H,2,8,18H2,1H3. The summed E-state index contributed by atoms with van der Waals surface area (Å²) in [5.74, 6) is -1.65. The van der Waals surface area contributed by atoms with Crippen LogP contribution in [0.25, 0.3) is 0 Å². The molecule has 1 aromatic carbocycles. The second-order valence-electron chi connectivity index (χ2n) is 4.45. The Morgan fingerprint density at radius 1 is 1.21 bits per heavy atom. The second-order valence-corrected chi connectivity index (χ2v) is 4.45. The lowest BCUT2D eigenvalue weighted by molar-refractivity contribution is 0.494. The van der Waals surface area contributed by atoms with Crippen molar-refractivity contribution in [3.8, 4) is 0 Å². The minimum atomic E-state index is -0.838. The lowest BCUT2D eigenvalue weighted by Gasteiger charge is -2.16. The van der Waals surface area contributed by atoms with Crippen molar-refractivity contribution in [2.24, 2.45) is 5.73 Å². The Hall–Kier alpha value is -1.81. The molecule has 0 bridgehead atoms. The van der Waals surface area contributed by atoms with E-state index in [-0.39, 0.29) is 12.5 Å². The molecule has 0 aliphatic carbocycles. The molecular weight excluding hydrogens is 246 g/mol. The zero-order valence-electron chi connectivity index (χ0n) is 10.7. The molecule has 1 aromatic heterocycles. The number of nitrogens with two attached hydrogens (primary N) is 1. The molecule has 0 amide bonds. The maximum atomic E-state index is 13.6. The van der Waals surface area contributed by atoms with Gasteiger partial charge in [0.25, 0.3) is 0 Å². The Morgan fingerprint density at radius 2 is 2.00 bits per heavy atom. The van der Waals surface area contributed by atoms with E-state index in [1.807, 2.05) is 13.0 Å². The van der Waals surface area contributed by atoms with Gasteiger partial charge in [-0.3, -0.25) is 4.98 Å². The minimum absolute atomic E-state index is 0.264. The molecule has 19 heavy (non-hydrogen) atoms. The van der Waals surface area contributed by atoms with Crippen LogP contribution in [0.2, 0.25) is 0 Å². The van der Waals surface area contributed by atoms with Gasteiger partial charge in [-0.25, -0.2) is 8.78 Å². The molecule has 0 fully saturated rings. The van der Waals surface area contributed by atoms with Crippen molar-refractivity contribution in [3.05, 3.63) is 65.0 Å². The fourth-order valence-corrected chi connectivity index (χ4v) is 2.15. The van der Waals surface area contributed by atoms with Crippen LogP contribution in [-0.2, 0) is 12.8 Å². The molecule has 1 heterocycles. The van der Waals surface area contributed by atoms with Crippen LogP contribution in [0.4, 0.5) is 8.78 Å². The molecule has 2 rings (SSSR count). The number of halogens is 2. The lowest BCUT2D eigenvalue weighted by Crippen LogP contribution is -2.16. The summed E-state index contributed by atoms with van der Waals surface area (Å²) in [4.78, 5) is 4.05. The smallest absolute Gasteiger partial charge is 0.162 e. The Balaban J connectivity index is 2.26. The van der Waals surface area contributed by atoms with E-state index in [2.05, 4.69) is 4.98 Å². The zero-order chi connectivity index (χ0) is 13.8. The van der Waals surface area contributed by atoms with Crippen LogP contribution in [-0.4, -0.2) is 4.98 Å². The largest absolute Gasteiger partial charge is 0.324 e. The molecule has 2 nitrogen and oxygen atoms in total. The van der Waals surface area contributed by atoms with Crippen LogP contribution in [0.15, 0.2) is 36.7 Å². The fraction of sp³-hybridized carbons (Fsp3) is 0.267. The summed E-state index contributed by atoms with van der Waals surface area (Å²) in [6.45, 7) is 2.01. The number of rotatable bonds is 4. The number of nitrogens with zero attached hydrogens (tertiary/aromatic N) is 1. The van der Waals surface area contributed by atoms with E-state index in [1.54, 1.807) is 18.5 Å². The van der Waals surface area contributed by atoms with E-state index >= 15 is 0 Å². The van der Waals surface area contributed by atoms with Crippen molar-refractivity contribution < 1.29 is 8.78 Å². The summed E-state index contributed by atoms with van der Waals surface area (Å²) >= 11 is 0. The highest BCUT2D eigenvalue weighted by Crippen LogP contribution is 2.22. The van der Waals surface area contributed by atoms with Gasteiger partial charge in [-0.1, -0.05) is 19.1 Å². The quantitative estimate of drug-likeness (QED) is 0.919. The van der Waals surface area contributed by atoms with E-state index in [0.29, 0.717) is 5.56 Å². The van der Waals surface area contributed by atoms with Gasteiger partial charge in [-0.05, 0) is 41.7 Å². The molecule has 0 aliphatic heterocycles. The predicted octanol–water partition coefficient (Wildman–Crippen LogP) is 3.16. The molecule has 4 heteroatoms. The normalized spacial score (nSPS) is 12.4. The van der Waals surface area contributed by atoms with E-state index < -0.39 is 11.6 Å². The van der Waals surface area contributed by atoms with Gasteiger partial charge in [0, 0.05) is 18.4 Å². The Bertz CT molecular complexity index is 570. The molecule has 2 aromatic rings. The predicted molar refractivity (Wildman–Crippen MR) is 70.6 cm³/mol. The molecule has 2 N–H and O–H groups in total. The second kappa shape index (κ2) is 5.89. The van der Waals surface area contributed by atoms with Gasteiger partial charge in [0.1, 0.15) is 0 Å². The molecule has 0 saturated carbocycles. The molecular formula is C15H16F2N2. The first-order chi connectivity index (χ1) is 9.13. The van der Waals surface area contributed by atoms with Crippen molar-refractivity contribution in [2.45, 2.75) is 25.8 Å². The summed E-state index contributed by atoms with van der Waals surface area (Å²) in [5.41, 5.74) is 8.37. The first-order valence-electron chi connectivity index (χ1n) is 6.24. The number of aromatic nitrogens is 1. The van der Waals surface area contributed by atoms with Gasteiger partial charge in [-0.15, -0.1) is 0 Å². The highest BCUT2D eigenvalue weighted by molar-refractivity contribution is 5.29. The Kier molecular flexibility index (Phi) is 4.22. The number of aryl methyl sites for hydroxylation is 1. The highest BCUT2D eigenvalue weighted by atomic mass is 19.2. The number of benzene rings is 1. The Morgan fingerprint density at radius 3 is 2.74 bits per heavy atom. The summed E-state index contributed by atoms with van der Waals surface area (Å²) in [7, 11) is 0. The first kappa shape index (κ1) is 13.6. The number of hydrogen-bond donors (Lipinski definition) is 1. The van der Waals surface area contributed by atoms with Gasteiger partial charge < -0.3 is 5.73 Å². The maximum Gasteiger partial charge on any atom is 0.162 e. The maximum absolute atomic E-state index is 13.6. The topological polar surface area (TPSA) is 38.9 Å². The molecule has 100 valence electrons. The van der Waals surface area contributed by atoms with Gasteiger partial charge in [0.05, 0.1) is 0 Å². The fourth-order valence-electron chi connectivity index (χ4n) is 2.15. The van der Waals surface area contributed by atoms with Crippen LogP contribution in [0.5, 0.6) is 0 Å². The van der Waals surface area contributed by atoms with E-state index in [9.17, 15) is 8.78 Å². The van der Waals surface area contributed by atoms with E-state index in [0.717, 1.165) is 23.6 Å². The third-order valence-corrected chi connectivity index (χ3v) is 3.19. The van der Waals surface area contributed by atoms with Crippen molar-refractivity contribution in [1.82, 2.24) is 4.98 Å². The summed E-state index contributed by atoms with van der Waals surface area (Å²) < 4.78 is 26.8. The van der Waals surface area contributed by atoms with E-state index in [4.69, 9.17) is 5.73 Å². The molecule has 0 saturated heterocycles. The number of pyridine rings is 1. The lowest BCUT2D eigenvalue weighted by atomic mass is 9.95. The highest BCUT2D eigenvalue weighted by Gasteiger charge is 2.15.